The summed E-state index contributed by atoms with van der Waals surface area (Å²) in [5.41, 5.74) is 3.90. The summed E-state index contributed by atoms with van der Waals surface area (Å²) in [6.07, 6.45) is 5.09. The molecule has 0 spiro atoms. The Morgan fingerprint density at radius 3 is 2.75 bits per heavy atom. The van der Waals surface area contributed by atoms with Crippen molar-refractivity contribution in [1.82, 2.24) is 15.3 Å². The lowest BCUT2D eigenvalue weighted by molar-refractivity contribution is 0.0911. The Balaban J connectivity index is 1.77. The minimum Gasteiger partial charge on any atom is -0.396 e. The molecule has 32 heavy (non-hydrogen) atoms. The maximum Gasteiger partial charge on any atom is 0.268 e. The molecule has 0 fully saturated rings. The highest BCUT2D eigenvalue weighted by Gasteiger charge is 2.18. The molecule has 1 aromatic carbocycles. The lowest BCUT2D eigenvalue weighted by atomic mass is 10.0. The second-order valence-corrected chi connectivity index (χ2v) is 8.15. The van der Waals surface area contributed by atoms with Crippen LogP contribution in [-0.2, 0) is 0 Å². The average molecular weight is 457 g/mol. The van der Waals surface area contributed by atoms with E-state index in [2.05, 4.69) is 27.5 Å². The molecule has 170 valence electrons. The van der Waals surface area contributed by atoms with Crippen LogP contribution >= 0.6 is 11.6 Å². The van der Waals surface area contributed by atoms with Crippen molar-refractivity contribution >= 4 is 23.3 Å². The first-order valence-corrected chi connectivity index (χ1v) is 11.0. The Hall–Kier alpha value is -2.87. The smallest absolute Gasteiger partial charge is 0.268 e. The zero-order valence-corrected chi connectivity index (χ0v) is 19.0. The summed E-state index contributed by atoms with van der Waals surface area (Å²) >= 11 is 6.03. The first-order valence-electron chi connectivity index (χ1n) is 10.6. The number of hydrogen-bond donors (Lipinski definition) is 5. The van der Waals surface area contributed by atoms with Gasteiger partial charge >= 0.3 is 0 Å². The van der Waals surface area contributed by atoms with Gasteiger partial charge in [-0.15, -0.1) is 0 Å². The number of carbonyl (C=O) groups is 1. The highest BCUT2D eigenvalue weighted by atomic mass is 35.5. The molecule has 0 bridgehead atoms. The number of hydrogen-bond acceptors (Lipinski definition) is 5. The standard InChI is InChI=1S/C24H29ClN4O3/c1-3-19(7-8-30)28-23-11-20(15(2)12-27-23)17-10-21(26-13-17)24(32)29-22(14-31)16-5-4-6-18(25)9-16/h4-6,9-13,19,22,26,30-31H,3,7-8,14H2,1-2H3,(H,27,28)(H,29,32)/t19-,22?/m0/s1. The van der Waals surface area contributed by atoms with Crippen LogP contribution in [0.3, 0.4) is 0 Å². The number of nitrogens with zero attached hydrogens (tertiary/aromatic N) is 1. The number of halogens is 1. The molecule has 0 saturated heterocycles. The molecular formula is C24H29ClN4O3. The maximum absolute atomic E-state index is 12.8. The quantitative estimate of drug-likeness (QED) is 0.316. The van der Waals surface area contributed by atoms with Gasteiger partial charge in [0.25, 0.3) is 5.91 Å². The van der Waals surface area contributed by atoms with Crippen molar-refractivity contribution in [3.8, 4) is 11.1 Å². The third-order valence-electron chi connectivity index (χ3n) is 5.40. The number of aromatic nitrogens is 2. The number of pyridine rings is 1. The molecule has 2 aromatic heterocycles. The van der Waals surface area contributed by atoms with Crippen molar-refractivity contribution in [2.24, 2.45) is 0 Å². The molecule has 0 radical (unpaired) electrons. The first-order chi connectivity index (χ1) is 15.4. The number of aryl methyl sites for hydroxylation is 1. The van der Waals surface area contributed by atoms with Crippen LogP contribution in [0.15, 0.2) is 48.8 Å². The molecule has 3 aromatic rings. The van der Waals surface area contributed by atoms with Crippen LogP contribution in [0.1, 0.15) is 47.4 Å². The minimum atomic E-state index is -0.566. The van der Waals surface area contributed by atoms with Crippen LogP contribution in [-0.4, -0.2) is 45.3 Å². The molecule has 0 aliphatic heterocycles. The molecular weight excluding hydrogens is 428 g/mol. The molecule has 0 saturated carbocycles. The zero-order valence-electron chi connectivity index (χ0n) is 18.2. The fraction of sp³-hybridized carbons (Fsp3) is 0.333. The third kappa shape index (κ3) is 5.88. The number of amides is 1. The Bertz CT molecular complexity index is 1050. The molecule has 0 aliphatic carbocycles. The van der Waals surface area contributed by atoms with Crippen LogP contribution in [0, 0.1) is 6.92 Å². The van der Waals surface area contributed by atoms with Crippen LogP contribution in [0.5, 0.6) is 0 Å². The van der Waals surface area contributed by atoms with E-state index < -0.39 is 6.04 Å². The number of aliphatic hydroxyl groups excluding tert-OH is 2. The largest absolute Gasteiger partial charge is 0.396 e. The van der Waals surface area contributed by atoms with E-state index >= 15 is 0 Å². The number of carbonyl (C=O) groups excluding carboxylic acids is 1. The summed E-state index contributed by atoms with van der Waals surface area (Å²) in [5.74, 6) is 0.397. The van der Waals surface area contributed by atoms with Crippen LogP contribution < -0.4 is 10.6 Å². The van der Waals surface area contributed by atoms with E-state index in [4.69, 9.17) is 11.6 Å². The summed E-state index contributed by atoms with van der Waals surface area (Å²) in [4.78, 5) is 20.3. The van der Waals surface area contributed by atoms with Gasteiger partial charge in [-0.25, -0.2) is 4.98 Å². The van der Waals surface area contributed by atoms with E-state index in [1.54, 1.807) is 36.7 Å². The summed E-state index contributed by atoms with van der Waals surface area (Å²) < 4.78 is 0. The Kier molecular flexibility index (Phi) is 8.27. The van der Waals surface area contributed by atoms with Gasteiger partial charge in [0.05, 0.1) is 12.6 Å². The highest BCUT2D eigenvalue weighted by Crippen LogP contribution is 2.27. The molecule has 1 unspecified atom stereocenters. The lowest BCUT2D eigenvalue weighted by Crippen LogP contribution is -2.31. The number of H-pyrrole nitrogens is 1. The fourth-order valence-corrected chi connectivity index (χ4v) is 3.73. The molecule has 2 atom stereocenters. The van der Waals surface area contributed by atoms with Crippen LogP contribution in [0.4, 0.5) is 5.82 Å². The molecule has 7 nitrogen and oxygen atoms in total. The van der Waals surface area contributed by atoms with Gasteiger partial charge in [-0.2, -0.15) is 0 Å². The summed E-state index contributed by atoms with van der Waals surface area (Å²) in [7, 11) is 0. The molecule has 2 heterocycles. The van der Waals surface area contributed by atoms with Gasteiger partial charge in [-0.05, 0) is 60.7 Å². The number of benzene rings is 1. The van der Waals surface area contributed by atoms with Crippen molar-refractivity contribution in [3.63, 3.8) is 0 Å². The third-order valence-corrected chi connectivity index (χ3v) is 5.64. The van der Waals surface area contributed by atoms with Crippen molar-refractivity contribution in [2.45, 2.75) is 38.8 Å². The van der Waals surface area contributed by atoms with Crippen LogP contribution in [0.25, 0.3) is 11.1 Å². The number of aromatic amines is 1. The molecule has 8 heteroatoms. The second-order valence-electron chi connectivity index (χ2n) is 7.71. The zero-order chi connectivity index (χ0) is 23.1. The fourth-order valence-electron chi connectivity index (χ4n) is 3.53. The lowest BCUT2D eigenvalue weighted by Gasteiger charge is -2.17. The Morgan fingerprint density at radius 2 is 2.06 bits per heavy atom. The van der Waals surface area contributed by atoms with Gasteiger partial charge < -0.3 is 25.8 Å². The molecule has 0 aliphatic rings. The van der Waals surface area contributed by atoms with Gasteiger partial charge in [0.2, 0.25) is 0 Å². The Labute approximate surface area is 192 Å². The topological polar surface area (TPSA) is 110 Å². The molecule has 3 rings (SSSR count). The number of anilines is 1. The maximum atomic E-state index is 12.8. The van der Waals surface area contributed by atoms with Crippen molar-refractivity contribution in [2.75, 3.05) is 18.5 Å². The van der Waals surface area contributed by atoms with Crippen LogP contribution in [0.2, 0.25) is 5.02 Å². The average Bonchev–Trinajstić information content (AvgIpc) is 3.28. The highest BCUT2D eigenvalue weighted by molar-refractivity contribution is 6.30. The summed E-state index contributed by atoms with van der Waals surface area (Å²) in [5, 5.41) is 25.7. The molecule has 1 amide bonds. The minimum absolute atomic E-state index is 0.116. The molecule has 5 N–H and O–H groups in total. The van der Waals surface area contributed by atoms with Gasteiger partial charge in [0.15, 0.2) is 0 Å². The Morgan fingerprint density at radius 1 is 1.25 bits per heavy atom. The van der Waals surface area contributed by atoms with E-state index in [0.29, 0.717) is 17.1 Å². The number of nitrogens with one attached hydrogen (secondary N) is 3. The van der Waals surface area contributed by atoms with Crippen molar-refractivity contribution in [3.05, 3.63) is 70.6 Å². The predicted molar refractivity (Wildman–Crippen MR) is 127 cm³/mol. The van der Waals surface area contributed by atoms with Gasteiger partial charge in [0, 0.05) is 35.6 Å². The summed E-state index contributed by atoms with van der Waals surface area (Å²) in [6, 6.07) is 10.3. The van der Waals surface area contributed by atoms with Gasteiger partial charge in [0.1, 0.15) is 11.5 Å². The van der Waals surface area contributed by atoms with Gasteiger partial charge in [-0.3, -0.25) is 4.79 Å². The SMILES string of the molecule is CC[C@@H](CCO)Nc1cc(-c2c[nH]c(C(=O)NC(CO)c3cccc(Cl)c3)c2)c(C)cn1. The van der Waals surface area contributed by atoms with E-state index in [0.717, 1.165) is 34.5 Å². The number of rotatable bonds is 10. The monoisotopic (exact) mass is 456 g/mol. The normalized spacial score (nSPS) is 12.9. The van der Waals surface area contributed by atoms with E-state index in [1.807, 2.05) is 19.1 Å². The predicted octanol–water partition coefficient (Wildman–Crippen LogP) is 4.07. The first kappa shape index (κ1) is 23.8. The summed E-state index contributed by atoms with van der Waals surface area (Å²) in [6.45, 7) is 3.89. The van der Waals surface area contributed by atoms with Crippen molar-refractivity contribution < 1.29 is 15.0 Å². The second kappa shape index (κ2) is 11.1. The van der Waals surface area contributed by atoms with E-state index in [1.165, 1.54) is 0 Å². The van der Waals surface area contributed by atoms with E-state index in [-0.39, 0.29) is 25.2 Å². The van der Waals surface area contributed by atoms with Gasteiger partial charge in [-0.1, -0.05) is 30.7 Å². The number of aliphatic hydroxyl groups is 2. The van der Waals surface area contributed by atoms with E-state index in [9.17, 15) is 15.0 Å². The van der Waals surface area contributed by atoms with Crippen molar-refractivity contribution in [1.29, 1.82) is 0 Å².